The van der Waals surface area contributed by atoms with Crippen molar-refractivity contribution < 1.29 is 0 Å². The van der Waals surface area contributed by atoms with Crippen LogP contribution in [0.4, 0.5) is 0 Å². The number of likely N-dealkylation sites (N-methyl/N-ethyl adjacent to an activating group) is 1. The quantitative estimate of drug-likeness (QED) is 0.806. The molecular formula is C14H29N3. The van der Waals surface area contributed by atoms with E-state index in [1.54, 1.807) is 0 Å². The first-order chi connectivity index (χ1) is 8.06. The Morgan fingerprint density at radius 3 is 2.24 bits per heavy atom. The van der Waals surface area contributed by atoms with Gasteiger partial charge in [-0.3, -0.25) is 0 Å². The highest BCUT2D eigenvalue weighted by molar-refractivity contribution is 4.89. The number of hydrogen-bond acceptors (Lipinski definition) is 3. The molecule has 0 radical (unpaired) electrons. The van der Waals surface area contributed by atoms with Gasteiger partial charge in [-0.15, -0.1) is 0 Å². The molecule has 0 amide bonds. The van der Waals surface area contributed by atoms with Gasteiger partial charge in [0.2, 0.25) is 0 Å². The van der Waals surface area contributed by atoms with Gasteiger partial charge in [0.25, 0.3) is 0 Å². The van der Waals surface area contributed by atoms with E-state index in [2.05, 4.69) is 42.9 Å². The summed E-state index contributed by atoms with van der Waals surface area (Å²) in [6, 6.07) is 2.95. The summed E-state index contributed by atoms with van der Waals surface area (Å²) in [6.07, 6.45) is 3.97. The lowest BCUT2D eigenvalue weighted by Gasteiger charge is -2.36. The third-order valence-corrected chi connectivity index (χ3v) is 4.62. The molecule has 0 bridgehead atoms. The smallest absolute Gasteiger partial charge is 0.0212 e. The van der Waals surface area contributed by atoms with Crippen molar-refractivity contribution in [2.24, 2.45) is 0 Å². The molecule has 2 fully saturated rings. The largest absolute Gasteiger partial charge is 0.310 e. The SMILES string of the molecule is CC1CC(NC2CCN(C(C)C)CC2)CN1C. The Morgan fingerprint density at radius 2 is 1.76 bits per heavy atom. The van der Waals surface area contributed by atoms with Gasteiger partial charge in [0, 0.05) is 30.7 Å². The van der Waals surface area contributed by atoms with Crippen LogP contribution < -0.4 is 5.32 Å². The maximum absolute atomic E-state index is 3.87. The molecule has 17 heavy (non-hydrogen) atoms. The molecule has 2 heterocycles. The Balaban J connectivity index is 1.72. The van der Waals surface area contributed by atoms with E-state index in [1.165, 1.54) is 38.9 Å². The van der Waals surface area contributed by atoms with Crippen molar-refractivity contribution in [1.29, 1.82) is 0 Å². The summed E-state index contributed by atoms with van der Waals surface area (Å²) in [5.74, 6) is 0. The van der Waals surface area contributed by atoms with E-state index in [0.29, 0.717) is 6.04 Å². The average molecular weight is 239 g/mol. The lowest BCUT2D eigenvalue weighted by Crippen LogP contribution is -2.48. The predicted molar refractivity (Wildman–Crippen MR) is 73.4 cm³/mol. The minimum absolute atomic E-state index is 0.716. The first-order valence-electron chi connectivity index (χ1n) is 7.26. The third-order valence-electron chi connectivity index (χ3n) is 4.62. The molecule has 0 aliphatic carbocycles. The van der Waals surface area contributed by atoms with E-state index in [1.807, 2.05) is 0 Å². The van der Waals surface area contributed by atoms with E-state index in [4.69, 9.17) is 0 Å². The van der Waals surface area contributed by atoms with E-state index in [9.17, 15) is 0 Å². The van der Waals surface area contributed by atoms with Crippen LogP contribution in [0, 0.1) is 0 Å². The van der Waals surface area contributed by atoms with Gasteiger partial charge in [-0.05, 0) is 60.2 Å². The Morgan fingerprint density at radius 1 is 1.12 bits per heavy atom. The molecule has 0 aromatic heterocycles. The van der Waals surface area contributed by atoms with Crippen LogP contribution in [0.2, 0.25) is 0 Å². The van der Waals surface area contributed by atoms with Gasteiger partial charge in [-0.2, -0.15) is 0 Å². The minimum atomic E-state index is 0.716. The van der Waals surface area contributed by atoms with Gasteiger partial charge in [-0.1, -0.05) is 0 Å². The standard InChI is InChI=1S/C14H29N3/c1-11(2)17-7-5-13(6-8-17)15-14-9-12(3)16(4)10-14/h11-15H,5-10H2,1-4H3. The fraction of sp³-hybridized carbons (Fsp3) is 1.00. The lowest BCUT2D eigenvalue weighted by atomic mass is 10.0. The number of nitrogens with zero attached hydrogens (tertiary/aromatic N) is 2. The second kappa shape index (κ2) is 5.68. The highest BCUT2D eigenvalue weighted by atomic mass is 15.2. The van der Waals surface area contributed by atoms with Crippen LogP contribution in [0.1, 0.15) is 40.0 Å². The van der Waals surface area contributed by atoms with Crippen molar-refractivity contribution >= 4 is 0 Å². The maximum atomic E-state index is 3.87. The Kier molecular flexibility index (Phi) is 4.45. The number of likely N-dealkylation sites (tertiary alicyclic amines) is 2. The zero-order valence-electron chi connectivity index (χ0n) is 11.9. The normalized spacial score (nSPS) is 33.7. The zero-order valence-corrected chi connectivity index (χ0v) is 11.9. The van der Waals surface area contributed by atoms with Gasteiger partial charge in [0.15, 0.2) is 0 Å². The molecule has 2 aliphatic heterocycles. The van der Waals surface area contributed by atoms with Crippen molar-refractivity contribution in [1.82, 2.24) is 15.1 Å². The van der Waals surface area contributed by atoms with Crippen molar-refractivity contribution in [3.05, 3.63) is 0 Å². The molecule has 0 aromatic rings. The van der Waals surface area contributed by atoms with Crippen molar-refractivity contribution in [2.75, 3.05) is 26.7 Å². The molecule has 2 rings (SSSR count). The number of rotatable bonds is 3. The molecule has 2 atom stereocenters. The van der Waals surface area contributed by atoms with E-state index in [0.717, 1.165) is 18.1 Å². The van der Waals surface area contributed by atoms with Gasteiger partial charge >= 0.3 is 0 Å². The van der Waals surface area contributed by atoms with Crippen LogP contribution >= 0.6 is 0 Å². The molecule has 3 nitrogen and oxygen atoms in total. The Labute approximate surface area is 107 Å². The molecule has 1 N–H and O–H groups in total. The van der Waals surface area contributed by atoms with Crippen LogP contribution in [0.15, 0.2) is 0 Å². The fourth-order valence-corrected chi connectivity index (χ4v) is 3.23. The average Bonchev–Trinajstić information content (AvgIpc) is 2.58. The van der Waals surface area contributed by atoms with Gasteiger partial charge in [-0.25, -0.2) is 0 Å². The summed E-state index contributed by atoms with van der Waals surface area (Å²) in [6.45, 7) is 10.7. The molecule has 2 saturated heterocycles. The summed E-state index contributed by atoms with van der Waals surface area (Å²) in [5, 5.41) is 3.87. The number of nitrogens with one attached hydrogen (secondary N) is 1. The summed E-state index contributed by atoms with van der Waals surface area (Å²) >= 11 is 0. The van der Waals surface area contributed by atoms with Crippen LogP contribution in [-0.2, 0) is 0 Å². The van der Waals surface area contributed by atoms with Gasteiger partial charge in [0.05, 0.1) is 0 Å². The van der Waals surface area contributed by atoms with Crippen molar-refractivity contribution in [2.45, 2.75) is 64.2 Å². The summed E-state index contributed by atoms with van der Waals surface area (Å²) in [5.41, 5.74) is 0. The zero-order chi connectivity index (χ0) is 12.4. The Hall–Kier alpha value is -0.120. The van der Waals surface area contributed by atoms with E-state index >= 15 is 0 Å². The second-order valence-corrected chi connectivity index (χ2v) is 6.29. The first kappa shape index (κ1) is 13.3. The van der Waals surface area contributed by atoms with Crippen LogP contribution in [-0.4, -0.2) is 60.6 Å². The van der Waals surface area contributed by atoms with E-state index in [-0.39, 0.29) is 0 Å². The highest BCUT2D eigenvalue weighted by Crippen LogP contribution is 2.18. The van der Waals surface area contributed by atoms with Crippen LogP contribution in [0.25, 0.3) is 0 Å². The molecule has 100 valence electrons. The summed E-state index contributed by atoms with van der Waals surface area (Å²) in [4.78, 5) is 5.07. The first-order valence-corrected chi connectivity index (χ1v) is 7.26. The third kappa shape index (κ3) is 3.43. The lowest BCUT2D eigenvalue weighted by molar-refractivity contribution is 0.156. The molecular weight excluding hydrogens is 210 g/mol. The highest BCUT2D eigenvalue weighted by Gasteiger charge is 2.29. The number of piperidine rings is 1. The molecule has 0 saturated carbocycles. The van der Waals surface area contributed by atoms with Crippen LogP contribution in [0.5, 0.6) is 0 Å². The van der Waals surface area contributed by atoms with Crippen molar-refractivity contribution in [3.8, 4) is 0 Å². The minimum Gasteiger partial charge on any atom is -0.310 e. The molecule has 3 heteroatoms. The van der Waals surface area contributed by atoms with Gasteiger partial charge in [0.1, 0.15) is 0 Å². The monoisotopic (exact) mass is 239 g/mol. The second-order valence-electron chi connectivity index (χ2n) is 6.29. The molecule has 0 aromatic carbocycles. The van der Waals surface area contributed by atoms with Crippen molar-refractivity contribution in [3.63, 3.8) is 0 Å². The summed E-state index contributed by atoms with van der Waals surface area (Å²) < 4.78 is 0. The predicted octanol–water partition coefficient (Wildman–Crippen LogP) is 1.54. The van der Waals surface area contributed by atoms with E-state index < -0.39 is 0 Å². The number of hydrogen-bond donors (Lipinski definition) is 1. The topological polar surface area (TPSA) is 18.5 Å². The molecule has 2 aliphatic rings. The van der Waals surface area contributed by atoms with Crippen LogP contribution in [0.3, 0.4) is 0 Å². The van der Waals surface area contributed by atoms with Gasteiger partial charge < -0.3 is 15.1 Å². The fourth-order valence-electron chi connectivity index (χ4n) is 3.23. The molecule has 0 spiro atoms. The molecule has 2 unspecified atom stereocenters. The summed E-state index contributed by atoms with van der Waals surface area (Å²) in [7, 11) is 2.24. The Bertz CT molecular complexity index is 224. The maximum Gasteiger partial charge on any atom is 0.0212 e.